The van der Waals surface area contributed by atoms with Crippen LogP contribution in [0.4, 0.5) is 10.5 Å². The number of aliphatic hydroxyl groups excluding tert-OH is 1. The van der Waals surface area contributed by atoms with Crippen molar-refractivity contribution in [1.29, 1.82) is 0 Å². The van der Waals surface area contributed by atoms with Gasteiger partial charge in [-0.15, -0.1) is 0 Å². The molecule has 6 nitrogen and oxygen atoms in total. The molecule has 0 heterocycles. The second-order valence-electron chi connectivity index (χ2n) is 5.29. The molecule has 4 N–H and O–H groups in total. The smallest absolute Gasteiger partial charge is 0.407 e. The number of amides is 1. The van der Waals surface area contributed by atoms with Crippen LogP contribution in [0.3, 0.4) is 0 Å². The van der Waals surface area contributed by atoms with Crippen molar-refractivity contribution < 1.29 is 14.6 Å². The number of aliphatic hydroxyl groups is 1. The van der Waals surface area contributed by atoms with Crippen LogP contribution in [0.2, 0.25) is 0 Å². The number of benzene rings is 1. The highest BCUT2D eigenvalue weighted by Crippen LogP contribution is 2.14. The summed E-state index contributed by atoms with van der Waals surface area (Å²) in [6.07, 6.45) is -0.471. The zero-order valence-electron chi connectivity index (χ0n) is 12.0. The molecule has 0 unspecified atom stereocenters. The molecule has 0 aliphatic heterocycles. The number of carbonyl (C=O) groups excluding carboxylic acids is 1. The molecule has 0 radical (unpaired) electrons. The second kappa shape index (κ2) is 6.91. The summed E-state index contributed by atoms with van der Waals surface area (Å²) >= 11 is 0. The van der Waals surface area contributed by atoms with Crippen molar-refractivity contribution >= 4 is 17.6 Å². The second-order valence-corrected chi connectivity index (χ2v) is 5.29. The number of nitrogens with two attached hydrogens (primary N) is 1. The lowest BCUT2D eigenvalue weighted by Crippen LogP contribution is -2.32. The van der Waals surface area contributed by atoms with Crippen LogP contribution in [0.25, 0.3) is 0 Å². The summed E-state index contributed by atoms with van der Waals surface area (Å²) in [6.45, 7) is 5.45. The lowest BCUT2D eigenvalue weighted by Gasteiger charge is -2.19. The molecule has 0 saturated carbocycles. The molecule has 110 valence electrons. The fourth-order valence-electron chi connectivity index (χ4n) is 1.43. The predicted molar refractivity (Wildman–Crippen MR) is 77.9 cm³/mol. The summed E-state index contributed by atoms with van der Waals surface area (Å²) < 4.78 is 5.14. The number of carbonyl (C=O) groups is 1. The van der Waals surface area contributed by atoms with Gasteiger partial charge in [-0.2, -0.15) is 0 Å². The van der Waals surface area contributed by atoms with Crippen LogP contribution >= 0.6 is 0 Å². The number of hydrogen-bond acceptors (Lipinski definition) is 4. The molecular weight excluding hydrogens is 258 g/mol. The van der Waals surface area contributed by atoms with Gasteiger partial charge in [0.05, 0.1) is 5.69 Å². The van der Waals surface area contributed by atoms with Gasteiger partial charge in [0.25, 0.3) is 0 Å². The maximum absolute atomic E-state index is 11.5. The molecular formula is C14H21N3O3. The number of nitrogens with one attached hydrogen (secondary N) is 1. The van der Waals surface area contributed by atoms with Crippen molar-refractivity contribution in [3.8, 4) is 0 Å². The Hall–Kier alpha value is -2.08. The van der Waals surface area contributed by atoms with Gasteiger partial charge in [0, 0.05) is 6.54 Å². The first kappa shape index (κ1) is 16.0. The number of ether oxygens (including phenoxy) is 1. The van der Waals surface area contributed by atoms with E-state index < -0.39 is 11.7 Å². The van der Waals surface area contributed by atoms with Gasteiger partial charge in [0.15, 0.2) is 0 Å². The van der Waals surface area contributed by atoms with Crippen LogP contribution in [0.5, 0.6) is 0 Å². The Bertz CT molecular complexity index is 493. The number of hydrogen-bond donors (Lipinski definition) is 3. The van der Waals surface area contributed by atoms with Gasteiger partial charge in [-0.1, -0.05) is 12.1 Å². The molecule has 0 spiro atoms. The van der Waals surface area contributed by atoms with Gasteiger partial charge in [-0.25, -0.2) is 9.79 Å². The molecule has 1 rings (SSSR count). The SMILES string of the molecule is CC(C)(C)OC(=O)NCc1cccc(N=C(N)CO)c1. The summed E-state index contributed by atoms with van der Waals surface area (Å²) in [5.41, 5.74) is 6.42. The summed E-state index contributed by atoms with van der Waals surface area (Å²) in [5, 5.41) is 11.5. The number of nitrogens with zero attached hydrogens (tertiary/aromatic N) is 1. The first-order chi connectivity index (χ1) is 9.30. The molecule has 0 fully saturated rings. The van der Waals surface area contributed by atoms with Gasteiger partial charge < -0.3 is 20.9 Å². The molecule has 6 heteroatoms. The van der Waals surface area contributed by atoms with Gasteiger partial charge >= 0.3 is 6.09 Å². The van der Waals surface area contributed by atoms with Gasteiger partial charge in [-0.05, 0) is 38.5 Å². The normalized spacial score (nSPS) is 12.1. The van der Waals surface area contributed by atoms with Crippen molar-refractivity contribution in [2.75, 3.05) is 6.61 Å². The average Bonchev–Trinajstić information content (AvgIpc) is 2.34. The fraction of sp³-hybridized carbons (Fsp3) is 0.429. The summed E-state index contributed by atoms with van der Waals surface area (Å²) in [7, 11) is 0. The molecule has 0 saturated heterocycles. The maximum Gasteiger partial charge on any atom is 0.407 e. The highest BCUT2D eigenvalue weighted by molar-refractivity contribution is 5.84. The van der Waals surface area contributed by atoms with Crippen molar-refractivity contribution in [2.24, 2.45) is 10.7 Å². The summed E-state index contributed by atoms with van der Waals surface area (Å²) in [6, 6.07) is 7.19. The Morgan fingerprint density at radius 1 is 1.45 bits per heavy atom. The van der Waals surface area contributed by atoms with E-state index in [0.29, 0.717) is 12.2 Å². The number of alkyl carbamates (subject to hydrolysis) is 1. The molecule has 0 aromatic heterocycles. The van der Waals surface area contributed by atoms with E-state index >= 15 is 0 Å². The third kappa shape index (κ3) is 6.19. The van der Waals surface area contributed by atoms with E-state index in [1.165, 1.54) is 0 Å². The van der Waals surface area contributed by atoms with Crippen LogP contribution in [-0.2, 0) is 11.3 Å². The van der Waals surface area contributed by atoms with E-state index in [9.17, 15) is 4.79 Å². The van der Waals surface area contributed by atoms with Gasteiger partial charge in [-0.3, -0.25) is 0 Å². The minimum Gasteiger partial charge on any atom is -0.444 e. The topological polar surface area (TPSA) is 96.9 Å². The van der Waals surface area contributed by atoms with Crippen molar-refractivity contribution in [2.45, 2.75) is 32.9 Å². The Balaban J connectivity index is 2.61. The Morgan fingerprint density at radius 2 is 2.15 bits per heavy atom. The zero-order valence-corrected chi connectivity index (χ0v) is 12.0. The molecule has 0 aliphatic rings. The largest absolute Gasteiger partial charge is 0.444 e. The molecule has 1 aromatic rings. The Morgan fingerprint density at radius 3 is 2.75 bits per heavy atom. The fourth-order valence-corrected chi connectivity index (χ4v) is 1.43. The predicted octanol–water partition coefficient (Wildman–Crippen LogP) is 1.69. The summed E-state index contributed by atoms with van der Waals surface area (Å²) in [4.78, 5) is 15.6. The highest BCUT2D eigenvalue weighted by atomic mass is 16.6. The zero-order chi connectivity index (χ0) is 15.2. The summed E-state index contributed by atoms with van der Waals surface area (Å²) in [5.74, 6) is 0.141. The minimum absolute atomic E-state index is 0.141. The lowest BCUT2D eigenvalue weighted by molar-refractivity contribution is 0.0523. The highest BCUT2D eigenvalue weighted by Gasteiger charge is 2.15. The average molecular weight is 279 g/mol. The molecule has 1 amide bonds. The molecule has 0 aliphatic carbocycles. The molecule has 0 atom stereocenters. The molecule has 1 aromatic carbocycles. The van der Waals surface area contributed by atoms with E-state index in [0.717, 1.165) is 5.56 Å². The lowest BCUT2D eigenvalue weighted by atomic mass is 10.2. The van der Waals surface area contributed by atoms with Crippen LogP contribution < -0.4 is 11.1 Å². The number of aliphatic imine (C=N–C) groups is 1. The van der Waals surface area contributed by atoms with Crippen LogP contribution in [0.1, 0.15) is 26.3 Å². The van der Waals surface area contributed by atoms with Crippen LogP contribution in [-0.4, -0.2) is 29.2 Å². The van der Waals surface area contributed by atoms with Crippen molar-refractivity contribution in [3.05, 3.63) is 29.8 Å². The third-order valence-electron chi connectivity index (χ3n) is 2.18. The van der Waals surface area contributed by atoms with Crippen LogP contribution in [0.15, 0.2) is 29.3 Å². The van der Waals surface area contributed by atoms with E-state index in [2.05, 4.69) is 10.3 Å². The van der Waals surface area contributed by atoms with E-state index in [4.69, 9.17) is 15.6 Å². The van der Waals surface area contributed by atoms with Crippen molar-refractivity contribution in [3.63, 3.8) is 0 Å². The maximum atomic E-state index is 11.5. The minimum atomic E-state index is -0.522. The first-order valence-electron chi connectivity index (χ1n) is 6.30. The van der Waals surface area contributed by atoms with E-state index in [1.54, 1.807) is 39.0 Å². The van der Waals surface area contributed by atoms with Crippen LogP contribution in [0, 0.1) is 0 Å². The van der Waals surface area contributed by atoms with E-state index in [-0.39, 0.29) is 12.4 Å². The first-order valence-corrected chi connectivity index (χ1v) is 6.30. The van der Waals surface area contributed by atoms with Gasteiger partial charge in [0.2, 0.25) is 0 Å². The van der Waals surface area contributed by atoms with E-state index in [1.807, 2.05) is 6.07 Å². The third-order valence-corrected chi connectivity index (χ3v) is 2.18. The quantitative estimate of drug-likeness (QED) is 0.577. The Labute approximate surface area is 118 Å². The Kier molecular flexibility index (Phi) is 5.52. The monoisotopic (exact) mass is 279 g/mol. The number of amidine groups is 1. The standard InChI is InChI=1S/C14H21N3O3/c1-14(2,3)20-13(19)16-8-10-5-4-6-11(7-10)17-12(15)9-18/h4-7,18H,8-9H2,1-3H3,(H2,15,17)(H,16,19). The molecule has 20 heavy (non-hydrogen) atoms. The molecule has 0 bridgehead atoms. The van der Waals surface area contributed by atoms with Crippen molar-refractivity contribution in [1.82, 2.24) is 5.32 Å². The van der Waals surface area contributed by atoms with Gasteiger partial charge in [0.1, 0.15) is 18.0 Å². The number of rotatable bonds is 4.